The molecule has 0 fully saturated rings. The van der Waals surface area contributed by atoms with Crippen LogP contribution >= 0.6 is 0 Å². The lowest BCUT2D eigenvalue weighted by atomic mass is 10.2. The second-order valence-electron chi connectivity index (χ2n) is 4.43. The molecule has 104 valence electrons. The molecule has 0 atom stereocenters. The van der Waals surface area contributed by atoms with Crippen molar-refractivity contribution in [3.63, 3.8) is 0 Å². The molecule has 0 aliphatic rings. The number of carbonyl (C=O) groups is 1. The van der Waals surface area contributed by atoms with Gasteiger partial charge in [-0.15, -0.1) is 0 Å². The van der Waals surface area contributed by atoms with Gasteiger partial charge in [0.25, 0.3) is 0 Å². The minimum absolute atomic E-state index is 0.112. The third kappa shape index (κ3) is 3.20. The van der Waals surface area contributed by atoms with Crippen molar-refractivity contribution in [1.82, 2.24) is 0 Å². The van der Waals surface area contributed by atoms with Gasteiger partial charge in [-0.05, 0) is 19.1 Å². The standard InChI is InChI=1S/C15H15NO4/c1-9-3-5-11(6-4-9)20-15-8-13(18)12(7-14(15)19)16-10(2)17/h3-8,18-19H,1-2H3,(H,16,17). The van der Waals surface area contributed by atoms with Crippen LogP contribution in [0.1, 0.15) is 12.5 Å². The number of aromatic hydroxyl groups is 2. The number of carbonyl (C=O) groups excluding carboxylic acids is 1. The lowest BCUT2D eigenvalue weighted by Crippen LogP contribution is -2.05. The number of aryl methyl sites for hydroxylation is 1. The second-order valence-corrected chi connectivity index (χ2v) is 4.43. The zero-order valence-corrected chi connectivity index (χ0v) is 11.2. The van der Waals surface area contributed by atoms with E-state index >= 15 is 0 Å². The monoisotopic (exact) mass is 273 g/mol. The minimum atomic E-state index is -0.341. The highest BCUT2D eigenvalue weighted by molar-refractivity contribution is 5.90. The first-order valence-electron chi connectivity index (χ1n) is 6.04. The predicted octanol–water partition coefficient (Wildman–Crippen LogP) is 3.16. The molecule has 3 N–H and O–H groups in total. The Morgan fingerprint density at radius 1 is 1.10 bits per heavy atom. The molecule has 0 radical (unpaired) electrons. The Morgan fingerprint density at radius 3 is 2.35 bits per heavy atom. The number of amides is 1. The molecule has 2 rings (SSSR count). The fraction of sp³-hybridized carbons (Fsp3) is 0.133. The number of anilines is 1. The highest BCUT2D eigenvalue weighted by Crippen LogP contribution is 2.38. The van der Waals surface area contributed by atoms with E-state index in [0.29, 0.717) is 5.75 Å². The zero-order valence-electron chi connectivity index (χ0n) is 11.2. The fourth-order valence-electron chi connectivity index (χ4n) is 1.66. The molecular formula is C15H15NO4. The third-order valence-electron chi connectivity index (χ3n) is 2.64. The summed E-state index contributed by atoms with van der Waals surface area (Å²) in [5.41, 5.74) is 1.22. The van der Waals surface area contributed by atoms with E-state index < -0.39 is 0 Å². The van der Waals surface area contributed by atoms with Crippen LogP contribution in [0.3, 0.4) is 0 Å². The number of hydrogen-bond acceptors (Lipinski definition) is 4. The molecule has 0 aromatic heterocycles. The molecule has 0 saturated carbocycles. The Morgan fingerprint density at radius 2 is 1.75 bits per heavy atom. The van der Waals surface area contributed by atoms with E-state index in [0.717, 1.165) is 5.56 Å². The number of ether oxygens (including phenoxy) is 1. The zero-order chi connectivity index (χ0) is 14.7. The van der Waals surface area contributed by atoms with Crippen molar-refractivity contribution in [2.75, 3.05) is 5.32 Å². The maximum absolute atomic E-state index is 10.9. The highest BCUT2D eigenvalue weighted by atomic mass is 16.5. The summed E-state index contributed by atoms with van der Waals surface area (Å²) in [5.74, 6) is -0.0443. The van der Waals surface area contributed by atoms with Gasteiger partial charge in [0.2, 0.25) is 5.91 Å². The largest absolute Gasteiger partial charge is 0.506 e. The van der Waals surface area contributed by atoms with Crippen LogP contribution in [0.2, 0.25) is 0 Å². The molecule has 5 heteroatoms. The lowest BCUT2D eigenvalue weighted by Gasteiger charge is -2.11. The summed E-state index contributed by atoms with van der Waals surface area (Å²) in [5, 5.41) is 22.0. The first-order chi connectivity index (χ1) is 9.45. The predicted molar refractivity (Wildman–Crippen MR) is 75.3 cm³/mol. The molecule has 2 aromatic rings. The average Bonchev–Trinajstić information content (AvgIpc) is 2.37. The lowest BCUT2D eigenvalue weighted by molar-refractivity contribution is -0.114. The van der Waals surface area contributed by atoms with E-state index in [2.05, 4.69) is 5.32 Å². The summed E-state index contributed by atoms with van der Waals surface area (Å²) < 4.78 is 5.48. The SMILES string of the molecule is CC(=O)Nc1cc(O)c(Oc2ccc(C)cc2)cc1O. The second kappa shape index (κ2) is 5.52. The Labute approximate surface area is 116 Å². The van der Waals surface area contributed by atoms with Gasteiger partial charge in [0.15, 0.2) is 11.5 Å². The highest BCUT2D eigenvalue weighted by Gasteiger charge is 2.11. The molecular weight excluding hydrogens is 258 g/mol. The van der Waals surface area contributed by atoms with Gasteiger partial charge in [0, 0.05) is 19.1 Å². The molecule has 1 amide bonds. The van der Waals surface area contributed by atoms with E-state index in [1.165, 1.54) is 19.1 Å². The molecule has 0 aliphatic carbocycles. The van der Waals surface area contributed by atoms with E-state index in [1.807, 2.05) is 19.1 Å². The molecule has 2 aromatic carbocycles. The Kier molecular flexibility index (Phi) is 3.79. The van der Waals surface area contributed by atoms with Crippen LogP contribution in [0.25, 0.3) is 0 Å². The van der Waals surface area contributed by atoms with Gasteiger partial charge in [0.1, 0.15) is 11.5 Å². The summed E-state index contributed by atoms with van der Waals surface area (Å²) >= 11 is 0. The average molecular weight is 273 g/mol. The maximum atomic E-state index is 10.9. The molecule has 0 aliphatic heterocycles. The van der Waals surface area contributed by atoms with Crippen molar-refractivity contribution >= 4 is 11.6 Å². The smallest absolute Gasteiger partial charge is 0.221 e. The Bertz CT molecular complexity index is 635. The molecule has 5 nitrogen and oxygen atoms in total. The summed E-state index contributed by atoms with van der Waals surface area (Å²) in [6.45, 7) is 3.27. The molecule has 0 unspecified atom stereocenters. The Balaban J connectivity index is 2.26. The van der Waals surface area contributed by atoms with Gasteiger partial charge in [-0.3, -0.25) is 4.79 Å². The summed E-state index contributed by atoms with van der Waals surface area (Å²) in [4.78, 5) is 10.9. The fourth-order valence-corrected chi connectivity index (χ4v) is 1.66. The van der Waals surface area contributed by atoms with E-state index in [-0.39, 0.29) is 28.8 Å². The number of phenolic OH excluding ortho intramolecular Hbond substituents is 2. The van der Waals surface area contributed by atoms with Crippen molar-refractivity contribution < 1.29 is 19.7 Å². The first kappa shape index (κ1) is 13.7. The van der Waals surface area contributed by atoms with Gasteiger partial charge >= 0.3 is 0 Å². The van der Waals surface area contributed by atoms with Gasteiger partial charge in [0.05, 0.1) is 5.69 Å². The summed E-state index contributed by atoms with van der Waals surface area (Å²) in [6, 6.07) is 9.75. The number of phenols is 2. The quantitative estimate of drug-likeness (QED) is 0.593. The molecule has 20 heavy (non-hydrogen) atoms. The third-order valence-corrected chi connectivity index (χ3v) is 2.64. The number of hydrogen-bond donors (Lipinski definition) is 3. The van der Waals surface area contributed by atoms with E-state index in [1.54, 1.807) is 12.1 Å². The van der Waals surface area contributed by atoms with Crippen LogP contribution in [0, 0.1) is 6.92 Å². The summed E-state index contributed by atoms with van der Waals surface area (Å²) in [7, 11) is 0. The van der Waals surface area contributed by atoms with Crippen molar-refractivity contribution in [2.24, 2.45) is 0 Å². The van der Waals surface area contributed by atoms with Gasteiger partial charge < -0.3 is 20.3 Å². The van der Waals surface area contributed by atoms with Crippen LogP contribution in [-0.2, 0) is 4.79 Å². The van der Waals surface area contributed by atoms with Crippen molar-refractivity contribution in [2.45, 2.75) is 13.8 Å². The van der Waals surface area contributed by atoms with Crippen LogP contribution in [0.5, 0.6) is 23.0 Å². The summed E-state index contributed by atoms with van der Waals surface area (Å²) in [6.07, 6.45) is 0. The van der Waals surface area contributed by atoms with Crippen LogP contribution in [0.4, 0.5) is 5.69 Å². The van der Waals surface area contributed by atoms with E-state index in [4.69, 9.17) is 4.74 Å². The molecule has 0 spiro atoms. The van der Waals surface area contributed by atoms with E-state index in [9.17, 15) is 15.0 Å². The Hall–Kier alpha value is -2.69. The van der Waals surface area contributed by atoms with Crippen LogP contribution < -0.4 is 10.1 Å². The topological polar surface area (TPSA) is 78.8 Å². The maximum Gasteiger partial charge on any atom is 0.221 e. The number of rotatable bonds is 3. The van der Waals surface area contributed by atoms with Crippen LogP contribution in [0.15, 0.2) is 36.4 Å². The molecule has 0 saturated heterocycles. The van der Waals surface area contributed by atoms with Crippen LogP contribution in [-0.4, -0.2) is 16.1 Å². The van der Waals surface area contributed by atoms with Gasteiger partial charge in [-0.1, -0.05) is 17.7 Å². The molecule has 0 heterocycles. The number of benzene rings is 2. The first-order valence-corrected chi connectivity index (χ1v) is 6.04. The van der Waals surface area contributed by atoms with Crippen molar-refractivity contribution in [1.29, 1.82) is 0 Å². The van der Waals surface area contributed by atoms with Gasteiger partial charge in [-0.25, -0.2) is 0 Å². The van der Waals surface area contributed by atoms with Crippen molar-refractivity contribution in [3.8, 4) is 23.0 Å². The van der Waals surface area contributed by atoms with Crippen molar-refractivity contribution in [3.05, 3.63) is 42.0 Å². The normalized spacial score (nSPS) is 10.1. The molecule has 0 bridgehead atoms. The minimum Gasteiger partial charge on any atom is -0.506 e. The van der Waals surface area contributed by atoms with Gasteiger partial charge in [-0.2, -0.15) is 0 Å². The number of nitrogens with one attached hydrogen (secondary N) is 1.